The molecule has 0 amide bonds. The van der Waals surface area contributed by atoms with Gasteiger partial charge in [-0.3, -0.25) is 4.98 Å². The third-order valence-corrected chi connectivity index (χ3v) is 7.41. The lowest BCUT2D eigenvalue weighted by Gasteiger charge is -2.12. The van der Waals surface area contributed by atoms with Gasteiger partial charge in [-0.2, -0.15) is 0 Å². The molecular weight excluding hydrogens is 525 g/mol. The molecule has 6 nitrogen and oxygen atoms in total. The highest BCUT2D eigenvalue weighted by Crippen LogP contribution is 2.30. The van der Waals surface area contributed by atoms with E-state index in [1.807, 2.05) is 42.5 Å². The van der Waals surface area contributed by atoms with Crippen LogP contribution >= 0.6 is 0 Å². The van der Waals surface area contributed by atoms with Gasteiger partial charge < -0.3 is 15.4 Å². The number of rotatable bonds is 11. The molecule has 0 spiro atoms. The van der Waals surface area contributed by atoms with Gasteiger partial charge in [0.25, 0.3) is 0 Å². The molecule has 0 bridgehead atoms. The first-order chi connectivity index (χ1) is 19.3. The van der Waals surface area contributed by atoms with Crippen molar-refractivity contribution in [2.45, 2.75) is 13.2 Å². The van der Waals surface area contributed by atoms with E-state index in [0.717, 1.165) is 50.3 Å². The number of aromatic nitrogens is 1. The standard InChI is InChI=1S/C32H30FN3O3S/c1-40(37,38)19-18-34-21-23-2-6-25(7-3-23)26-8-15-30-31(16-17-35-32(30)20-26)36-28-11-13-29(14-12-28)39-22-24-4-9-27(33)10-5-24/h2-17,20,34H,18-19,21-22H2,1H3,(H,35,36). The summed E-state index contributed by atoms with van der Waals surface area (Å²) in [6.45, 7) is 1.42. The van der Waals surface area contributed by atoms with E-state index in [4.69, 9.17) is 4.74 Å². The van der Waals surface area contributed by atoms with Crippen molar-refractivity contribution in [1.82, 2.24) is 10.3 Å². The Morgan fingerprint density at radius 2 is 1.52 bits per heavy atom. The number of hydrogen-bond donors (Lipinski definition) is 2. The SMILES string of the molecule is CS(=O)(=O)CCNCc1ccc(-c2ccc3c(Nc4ccc(OCc5ccc(F)cc5)cc4)ccnc3c2)cc1. The van der Waals surface area contributed by atoms with Crippen LogP contribution in [0.25, 0.3) is 22.0 Å². The van der Waals surface area contributed by atoms with Gasteiger partial charge in [0.1, 0.15) is 28.0 Å². The molecular formula is C32H30FN3O3S. The number of ether oxygens (including phenoxy) is 1. The number of nitrogens with zero attached hydrogens (tertiary/aromatic N) is 1. The zero-order valence-electron chi connectivity index (χ0n) is 22.1. The Bertz CT molecular complexity index is 1690. The number of benzene rings is 4. The Kier molecular flexibility index (Phi) is 8.38. The third-order valence-electron chi connectivity index (χ3n) is 6.46. The van der Waals surface area contributed by atoms with Crippen LogP contribution < -0.4 is 15.4 Å². The average molecular weight is 556 g/mol. The minimum atomic E-state index is -2.96. The van der Waals surface area contributed by atoms with Gasteiger partial charge in [-0.05, 0) is 70.8 Å². The van der Waals surface area contributed by atoms with Crippen LogP contribution in [0.2, 0.25) is 0 Å². The van der Waals surface area contributed by atoms with Crippen LogP contribution in [0.3, 0.4) is 0 Å². The fraction of sp³-hybridized carbons (Fsp3) is 0.156. The summed E-state index contributed by atoms with van der Waals surface area (Å²) in [6, 6.07) is 30.4. The van der Waals surface area contributed by atoms with E-state index in [2.05, 4.69) is 45.9 Å². The molecule has 5 rings (SSSR count). The third kappa shape index (κ3) is 7.43. The van der Waals surface area contributed by atoms with Crippen molar-refractivity contribution in [2.24, 2.45) is 0 Å². The normalized spacial score (nSPS) is 11.4. The van der Waals surface area contributed by atoms with Gasteiger partial charge in [-0.1, -0.05) is 48.5 Å². The molecule has 2 N–H and O–H groups in total. The summed E-state index contributed by atoms with van der Waals surface area (Å²) < 4.78 is 41.4. The van der Waals surface area contributed by atoms with Crippen LogP contribution in [0.15, 0.2) is 103 Å². The Balaban J connectivity index is 1.22. The van der Waals surface area contributed by atoms with Gasteiger partial charge in [-0.15, -0.1) is 0 Å². The molecule has 0 aliphatic heterocycles. The lowest BCUT2D eigenvalue weighted by Crippen LogP contribution is -2.21. The molecule has 0 aliphatic carbocycles. The van der Waals surface area contributed by atoms with Crippen molar-refractivity contribution < 1.29 is 17.5 Å². The van der Waals surface area contributed by atoms with Gasteiger partial charge in [0.15, 0.2) is 0 Å². The first kappa shape index (κ1) is 27.3. The minimum absolute atomic E-state index is 0.130. The molecule has 40 heavy (non-hydrogen) atoms. The summed E-state index contributed by atoms with van der Waals surface area (Å²) >= 11 is 0. The molecule has 204 valence electrons. The predicted octanol–water partition coefficient (Wildman–Crippen LogP) is 6.50. The number of sulfone groups is 1. The van der Waals surface area contributed by atoms with E-state index >= 15 is 0 Å². The second kappa shape index (κ2) is 12.3. The monoisotopic (exact) mass is 555 g/mol. The zero-order chi connectivity index (χ0) is 28.0. The van der Waals surface area contributed by atoms with Crippen molar-refractivity contribution in [3.8, 4) is 16.9 Å². The molecule has 0 fully saturated rings. The Hall–Kier alpha value is -4.27. The van der Waals surface area contributed by atoms with Crippen LogP contribution in [0.4, 0.5) is 15.8 Å². The minimum Gasteiger partial charge on any atom is -0.489 e. The summed E-state index contributed by atoms with van der Waals surface area (Å²) in [5.41, 5.74) is 6.90. The molecule has 8 heteroatoms. The number of hydrogen-bond acceptors (Lipinski definition) is 6. The Morgan fingerprint density at radius 3 is 2.25 bits per heavy atom. The molecule has 0 aliphatic rings. The average Bonchev–Trinajstić information content (AvgIpc) is 2.95. The van der Waals surface area contributed by atoms with Crippen molar-refractivity contribution in [1.29, 1.82) is 0 Å². The van der Waals surface area contributed by atoms with Gasteiger partial charge >= 0.3 is 0 Å². The van der Waals surface area contributed by atoms with Crippen LogP contribution in [-0.2, 0) is 23.0 Å². The quantitative estimate of drug-likeness (QED) is 0.181. The molecule has 4 aromatic carbocycles. The first-order valence-electron chi connectivity index (χ1n) is 12.9. The van der Waals surface area contributed by atoms with E-state index in [9.17, 15) is 12.8 Å². The highest BCUT2D eigenvalue weighted by atomic mass is 32.2. The molecule has 1 aromatic heterocycles. The van der Waals surface area contributed by atoms with Crippen molar-refractivity contribution >= 4 is 32.1 Å². The van der Waals surface area contributed by atoms with Crippen molar-refractivity contribution in [3.63, 3.8) is 0 Å². The van der Waals surface area contributed by atoms with Crippen LogP contribution in [0.1, 0.15) is 11.1 Å². The largest absolute Gasteiger partial charge is 0.489 e. The van der Waals surface area contributed by atoms with Gasteiger partial charge in [0.05, 0.1) is 11.3 Å². The highest BCUT2D eigenvalue weighted by molar-refractivity contribution is 7.90. The molecule has 5 aromatic rings. The number of nitrogens with one attached hydrogen (secondary N) is 2. The predicted molar refractivity (Wildman–Crippen MR) is 159 cm³/mol. The molecule has 0 unspecified atom stereocenters. The van der Waals surface area contributed by atoms with E-state index in [-0.39, 0.29) is 11.6 Å². The lowest BCUT2D eigenvalue weighted by molar-refractivity contribution is 0.306. The fourth-order valence-electron chi connectivity index (χ4n) is 4.28. The number of fused-ring (bicyclic) bond motifs is 1. The molecule has 0 saturated heterocycles. The number of anilines is 2. The summed E-state index contributed by atoms with van der Waals surface area (Å²) in [5, 5.41) is 7.65. The maximum Gasteiger partial charge on any atom is 0.148 e. The highest BCUT2D eigenvalue weighted by Gasteiger charge is 2.07. The van der Waals surface area contributed by atoms with Crippen molar-refractivity contribution in [3.05, 3.63) is 120 Å². The second-order valence-corrected chi connectivity index (χ2v) is 11.9. The Labute approximate surface area is 233 Å². The summed E-state index contributed by atoms with van der Waals surface area (Å²) in [7, 11) is -2.96. The first-order valence-corrected chi connectivity index (χ1v) is 15.0. The van der Waals surface area contributed by atoms with Crippen LogP contribution in [0.5, 0.6) is 5.75 Å². The Morgan fingerprint density at radius 1 is 0.825 bits per heavy atom. The van der Waals surface area contributed by atoms with Gasteiger partial charge in [-0.25, -0.2) is 12.8 Å². The fourth-order valence-corrected chi connectivity index (χ4v) is 4.79. The second-order valence-electron chi connectivity index (χ2n) is 9.66. The maximum atomic E-state index is 13.1. The smallest absolute Gasteiger partial charge is 0.148 e. The van der Waals surface area contributed by atoms with Gasteiger partial charge in [0, 0.05) is 42.3 Å². The van der Waals surface area contributed by atoms with Crippen LogP contribution in [-0.4, -0.2) is 32.0 Å². The van der Waals surface area contributed by atoms with E-state index < -0.39 is 9.84 Å². The van der Waals surface area contributed by atoms with Gasteiger partial charge in [0.2, 0.25) is 0 Å². The maximum absolute atomic E-state index is 13.1. The molecule has 0 radical (unpaired) electrons. The van der Waals surface area contributed by atoms with Crippen LogP contribution in [0, 0.1) is 5.82 Å². The summed E-state index contributed by atoms with van der Waals surface area (Å²) in [6.07, 6.45) is 3.04. The number of pyridine rings is 1. The summed E-state index contributed by atoms with van der Waals surface area (Å²) in [5.74, 6) is 0.600. The molecule has 0 saturated carbocycles. The summed E-state index contributed by atoms with van der Waals surface area (Å²) in [4.78, 5) is 4.59. The van der Waals surface area contributed by atoms with Crippen molar-refractivity contribution in [2.75, 3.05) is 23.9 Å². The lowest BCUT2D eigenvalue weighted by atomic mass is 10.0. The topological polar surface area (TPSA) is 80.3 Å². The zero-order valence-corrected chi connectivity index (χ0v) is 22.9. The van der Waals surface area contributed by atoms with E-state index in [1.165, 1.54) is 18.4 Å². The van der Waals surface area contributed by atoms with E-state index in [1.54, 1.807) is 18.3 Å². The molecule has 1 heterocycles. The van der Waals surface area contributed by atoms with E-state index in [0.29, 0.717) is 19.7 Å². The molecule has 0 atom stereocenters. The number of halogens is 1.